The van der Waals surface area contributed by atoms with Crippen molar-refractivity contribution in [2.45, 2.75) is 58.3 Å². The van der Waals surface area contributed by atoms with Crippen LogP contribution in [0.25, 0.3) is 0 Å². The zero-order valence-corrected chi connectivity index (χ0v) is 20.3. The van der Waals surface area contributed by atoms with Crippen LogP contribution in [0.5, 0.6) is 5.75 Å². The Bertz CT molecular complexity index is 1000. The van der Waals surface area contributed by atoms with E-state index in [4.69, 9.17) is 4.74 Å². The van der Waals surface area contributed by atoms with E-state index in [0.29, 0.717) is 13.1 Å². The molecular weight excluding hydrogens is 412 g/mol. The third kappa shape index (κ3) is 5.28. The Morgan fingerprint density at radius 1 is 1.00 bits per heavy atom. The largest absolute Gasteiger partial charge is 0.495 e. The summed E-state index contributed by atoms with van der Waals surface area (Å²) in [5.41, 5.74) is 3.15. The van der Waals surface area contributed by atoms with Crippen LogP contribution >= 0.6 is 0 Å². The molecular formula is C24H34N2O4S. The second-order valence-electron chi connectivity index (χ2n) is 8.03. The van der Waals surface area contributed by atoms with Gasteiger partial charge in [-0.05, 0) is 41.2 Å². The van der Waals surface area contributed by atoms with Crippen molar-refractivity contribution >= 4 is 21.6 Å². The van der Waals surface area contributed by atoms with E-state index in [1.807, 2.05) is 18.2 Å². The zero-order chi connectivity index (χ0) is 23.3. The molecule has 2 aromatic carbocycles. The summed E-state index contributed by atoms with van der Waals surface area (Å²) < 4.78 is 32.8. The first-order valence-electron chi connectivity index (χ1n) is 10.7. The van der Waals surface area contributed by atoms with E-state index in [0.717, 1.165) is 16.8 Å². The summed E-state index contributed by atoms with van der Waals surface area (Å²) in [5.74, 6) is 0.314. The number of ether oxygens (including phenoxy) is 1. The van der Waals surface area contributed by atoms with Crippen LogP contribution in [-0.4, -0.2) is 38.8 Å². The normalized spacial score (nSPS) is 11.9. The van der Waals surface area contributed by atoms with Gasteiger partial charge in [-0.25, -0.2) is 8.42 Å². The van der Waals surface area contributed by atoms with Gasteiger partial charge >= 0.3 is 0 Å². The molecule has 170 valence electrons. The minimum absolute atomic E-state index is 0.00687. The van der Waals surface area contributed by atoms with Crippen molar-refractivity contribution in [2.24, 2.45) is 0 Å². The Balaban J connectivity index is 2.54. The fourth-order valence-electron chi connectivity index (χ4n) is 3.60. The van der Waals surface area contributed by atoms with Crippen molar-refractivity contribution in [3.63, 3.8) is 0 Å². The lowest BCUT2D eigenvalue weighted by atomic mass is 9.92. The molecule has 0 saturated heterocycles. The highest BCUT2D eigenvalue weighted by Gasteiger charge is 2.27. The van der Waals surface area contributed by atoms with Crippen LogP contribution in [0.4, 0.5) is 5.69 Å². The highest BCUT2D eigenvalue weighted by atomic mass is 32.2. The lowest BCUT2D eigenvalue weighted by Crippen LogP contribution is -2.31. The second-order valence-corrected chi connectivity index (χ2v) is 9.94. The predicted molar refractivity (Wildman–Crippen MR) is 126 cm³/mol. The Labute approximate surface area is 186 Å². The van der Waals surface area contributed by atoms with Crippen molar-refractivity contribution in [1.29, 1.82) is 0 Å². The van der Waals surface area contributed by atoms with E-state index in [1.165, 1.54) is 23.5 Å². The van der Waals surface area contributed by atoms with Gasteiger partial charge in [0, 0.05) is 24.3 Å². The monoisotopic (exact) mass is 446 g/mol. The number of rotatable bonds is 9. The van der Waals surface area contributed by atoms with Crippen LogP contribution in [0, 0.1) is 0 Å². The smallest absolute Gasteiger partial charge is 0.255 e. The van der Waals surface area contributed by atoms with Gasteiger partial charge in [0.1, 0.15) is 10.6 Å². The van der Waals surface area contributed by atoms with E-state index in [9.17, 15) is 13.2 Å². The molecule has 0 aliphatic carbocycles. The fourth-order valence-corrected chi connectivity index (χ4v) is 5.24. The summed E-state index contributed by atoms with van der Waals surface area (Å²) in [4.78, 5) is 13.2. The summed E-state index contributed by atoms with van der Waals surface area (Å²) in [6.45, 7) is 12.5. The van der Waals surface area contributed by atoms with E-state index in [2.05, 4.69) is 33.0 Å². The van der Waals surface area contributed by atoms with Gasteiger partial charge in [-0.3, -0.25) is 4.79 Å². The van der Waals surface area contributed by atoms with Gasteiger partial charge in [0.05, 0.1) is 7.11 Å². The molecule has 31 heavy (non-hydrogen) atoms. The number of carbonyl (C=O) groups is 1. The molecule has 0 bridgehead atoms. The molecule has 0 aliphatic heterocycles. The molecule has 0 heterocycles. The number of carbonyl (C=O) groups excluding carboxylic acids is 1. The van der Waals surface area contributed by atoms with E-state index in [-0.39, 0.29) is 34.0 Å². The van der Waals surface area contributed by atoms with Gasteiger partial charge in [-0.15, -0.1) is 0 Å². The van der Waals surface area contributed by atoms with Gasteiger partial charge in [0.15, 0.2) is 0 Å². The fraction of sp³-hybridized carbons (Fsp3) is 0.458. The number of para-hydroxylation sites is 1. The summed E-state index contributed by atoms with van der Waals surface area (Å²) in [6.07, 6.45) is 0. The topological polar surface area (TPSA) is 75.7 Å². The molecule has 0 spiro atoms. The molecule has 0 radical (unpaired) electrons. The first-order chi connectivity index (χ1) is 14.6. The molecule has 0 fully saturated rings. The molecule has 0 aliphatic rings. The molecule has 0 atom stereocenters. The maximum Gasteiger partial charge on any atom is 0.255 e. The predicted octanol–water partition coefficient (Wildman–Crippen LogP) is 5.22. The maximum atomic E-state index is 13.2. The van der Waals surface area contributed by atoms with Crippen molar-refractivity contribution in [3.8, 4) is 5.75 Å². The Morgan fingerprint density at radius 2 is 1.55 bits per heavy atom. The van der Waals surface area contributed by atoms with Crippen LogP contribution in [0.15, 0.2) is 41.3 Å². The summed E-state index contributed by atoms with van der Waals surface area (Å²) in [5, 5.41) is 3.04. The zero-order valence-electron chi connectivity index (χ0n) is 19.5. The lowest BCUT2D eigenvalue weighted by Gasteiger charge is -2.22. The molecule has 2 aromatic rings. The number of anilines is 1. The first kappa shape index (κ1) is 24.9. The molecule has 1 N–H and O–H groups in total. The highest BCUT2D eigenvalue weighted by Crippen LogP contribution is 2.33. The van der Waals surface area contributed by atoms with Gasteiger partial charge in [-0.2, -0.15) is 4.31 Å². The minimum Gasteiger partial charge on any atom is -0.495 e. The third-order valence-corrected chi connectivity index (χ3v) is 7.43. The Morgan fingerprint density at radius 3 is 2.00 bits per heavy atom. The first-order valence-corrected chi connectivity index (χ1v) is 12.1. The number of nitrogens with one attached hydrogen (secondary N) is 1. The molecule has 0 aromatic heterocycles. The van der Waals surface area contributed by atoms with Crippen LogP contribution in [-0.2, 0) is 10.0 Å². The van der Waals surface area contributed by atoms with E-state index < -0.39 is 10.0 Å². The van der Waals surface area contributed by atoms with Crippen LogP contribution in [0.1, 0.15) is 74.9 Å². The molecule has 7 heteroatoms. The van der Waals surface area contributed by atoms with Gasteiger partial charge < -0.3 is 10.1 Å². The van der Waals surface area contributed by atoms with Crippen molar-refractivity contribution < 1.29 is 17.9 Å². The number of hydrogen-bond donors (Lipinski definition) is 1. The van der Waals surface area contributed by atoms with Crippen molar-refractivity contribution in [3.05, 3.63) is 53.1 Å². The number of methoxy groups -OCH3 is 1. The molecule has 2 rings (SSSR count). The average molecular weight is 447 g/mol. The molecule has 6 nitrogen and oxygen atoms in total. The lowest BCUT2D eigenvalue weighted by molar-refractivity contribution is 0.102. The molecule has 0 unspecified atom stereocenters. The van der Waals surface area contributed by atoms with Gasteiger partial charge in [0.2, 0.25) is 10.0 Å². The van der Waals surface area contributed by atoms with Gasteiger partial charge in [0.25, 0.3) is 5.91 Å². The van der Waals surface area contributed by atoms with E-state index >= 15 is 0 Å². The number of sulfonamides is 1. The van der Waals surface area contributed by atoms with Crippen molar-refractivity contribution in [2.75, 3.05) is 25.5 Å². The summed E-state index contributed by atoms with van der Waals surface area (Å²) >= 11 is 0. The van der Waals surface area contributed by atoms with Crippen LogP contribution in [0.2, 0.25) is 0 Å². The summed E-state index contributed by atoms with van der Waals surface area (Å²) in [6, 6.07) is 10.5. The minimum atomic E-state index is -3.79. The van der Waals surface area contributed by atoms with Gasteiger partial charge in [-0.1, -0.05) is 59.7 Å². The number of benzene rings is 2. The van der Waals surface area contributed by atoms with Crippen molar-refractivity contribution in [1.82, 2.24) is 4.31 Å². The standard InChI is InChI=1S/C24H34N2O4S/c1-8-26(9-2)31(28,29)22-15-18(13-14-21(22)30-7)24(27)25-23-19(16(3)4)11-10-12-20(23)17(5)6/h10-17H,8-9H2,1-7H3,(H,25,27). The average Bonchev–Trinajstić information content (AvgIpc) is 2.73. The molecule has 1 amide bonds. The Kier molecular flexibility index (Phi) is 8.26. The highest BCUT2D eigenvalue weighted by molar-refractivity contribution is 7.89. The number of hydrogen-bond acceptors (Lipinski definition) is 4. The number of nitrogens with zero attached hydrogens (tertiary/aromatic N) is 1. The quantitative estimate of drug-likeness (QED) is 0.573. The third-order valence-electron chi connectivity index (χ3n) is 5.36. The number of amides is 1. The summed E-state index contributed by atoms with van der Waals surface area (Å²) in [7, 11) is -2.37. The maximum absolute atomic E-state index is 13.2. The SMILES string of the molecule is CCN(CC)S(=O)(=O)c1cc(C(=O)Nc2c(C(C)C)cccc2C(C)C)ccc1OC. The molecule has 0 saturated carbocycles. The Hall–Kier alpha value is -2.38. The van der Waals surface area contributed by atoms with E-state index in [1.54, 1.807) is 19.9 Å². The van der Waals surface area contributed by atoms with Crippen LogP contribution < -0.4 is 10.1 Å². The second kappa shape index (κ2) is 10.3. The van der Waals surface area contributed by atoms with Crippen LogP contribution in [0.3, 0.4) is 0 Å².